The Bertz CT molecular complexity index is 1230. The lowest BCUT2D eigenvalue weighted by atomic mass is 10.1. The fourth-order valence-electron chi connectivity index (χ4n) is 3.49. The summed E-state index contributed by atoms with van der Waals surface area (Å²) in [6, 6.07) is 19.3. The maximum absolute atomic E-state index is 13.8. The second-order valence-electron chi connectivity index (χ2n) is 7.26. The first-order chi connectivity index (χ1) is 15.5. The van der Waals surface area contributed by atoms with Crippen LogP contribution in [-0.2, 0) is 6.54 Å². The van der Waals surface area contributed by atoms with Crippen LogP contribution < -0.4 is 19.1 Å². The molecular formula is C25H24N2O4S. The van der Waals surface area contributed by atoms with Gasteiger partial charge in [-0.2, -0.15) is 0 Å². The highest BCUT2D eigenvalue weighted by molar-refractivity contribution is 7.22. The first-order valence-electron chi connectivity index (χ1n) is 10.1. The number of aryl methyl sites for hydroxylation is 1. The van der Waals surface area contributed by atoms with Gasteiger partial charge in [0.15, 0.2) is 16.6 Å². The molecule has 0 fully saturated rings. The molecule has 4 aromatic rings. The van der Waals surface area contributed by atoms with Crippen molar-refractivity contribution in [1.29, 1.82) is 0 Å². The summed E-state index contributed by atoms with van der Waals surface area (Å²) in [6.45, 7) is 2.43. The van der Waals surface area contributed by atoms with E-state index in [1.54, 1.807) is 17.0 Å². The van der Waals surface area contributed by atoms with E-state index in [0.717, 1.165) is 21.3 Å². The zero-order chi connectivity index (χ0) is 22.7. The number of hydrogen-bond acceptors (Lipinski definition) is 6. The van der Waals surface area contributed by atoms with E-state index in [4.69, 9.17) is 19.2 Å². The van der Waals surface area contributed by atoms with E-state index >= 15 is 0 Å². The van der Waals surface area contributed by atoms with E-state index in [0.29, 0.717) is 34.5 Å². The summed E-state index contributed by atoms with van der Waals surface area (Å²) in [5.41, 5.74) is 3.44. The van der Waals surface area contributed by atoms with E-state index in [-0.39, 0.29) is 5.91 Å². The summed E-state index contributed by atoms with van der Waals surface area (Å²) < 4.78 is 17.3. The Morgan fingerprint density at radius 2 is 1.62 bits per heavy atom. The monoisotopic (exact) mass is 448 g/mol. The van der Waals surface area contributed by atoms with Crippen molar-refractivity contribution in [1.82, 2.24) is 4.98 Å². The average Bonchev–Trinajstić information content (AvgIpc) is 3.24. The molecule has 6 nitrogen and oxygen atoms in total. The zero-order valence-electron chi connectivity index (χ0n) is 18.4. The first-order valence-corrected chi connectivity index (χ1v) is 10.9. The molecule has 0 saturated heterocycles. The molecule has 1 aromatic heterocycles. The van der Waals surface area contributed by atoms with Crippen LogP contribution in [0, 0.1) is 6.92 Å². The van der Waals surface area contributed by atoms with Gasteiger partial charge in [-0.3, -0.25) is 9.69 Å². The highest BCUT2D eigenvalue weighted by Gasteiger charge is 2.25. The van der Waals surface area contributed by atoms with Crippen molar-refractivity contribution in [3.63, 3.8) is 0 Å². The molecule has 0 aliphatic heterocycles. The number of anilines is 1. The van der Waals surface area contributed by atoms with Crippen LogP contribution in [0.2, 0.25) is 0 Å². The molecule has 0 radical (unpaired) electrons. The van der Waals surface area contributed by atoms with Crippen molar-refractivity contribution in [2.45, 2.75) is 13.5 Å². The van der Waals surface area contributed by atoms with Crippen LogP contribution in [0.1, 0.15) is 21.5 Å². The smallest absolute Gasteiger partial charge is 0.260 e. The van der Waals surface area contributed by atoms with E-state index < -0.39 is 0 Å². The zero-order valence-corrected chi connectivity index (χ0v) is 19.2. The molecule has 0 aliphatic rings. The number of methoxy groups -OCH3 is 3. The highest BCUT2D eigenvalue weighted by Crippen LogP contribution is 2.39. The van der Waals surface area contributed by atoms with Crippen LogP contribution in [0.25, 0.3) is 10.2 Å². The molecule has 4 rings (SSSR count). The van der Waals surface area contributed by atoms with Crippen LogP contribution >= 0.6 is 11.3 Å². The van der Waals surface area contributed by atoms with Gasteiger partial charge >= 0.3 is 0 Å². The Hall–Kier alpha value is -3.58. The number of rotatable bonds is 7. The molecule has 32 heavy (non-hydrogen) atoms. The van der Waals surface area contributed by atoms with Gasteiger partial charge in [0.25, 0.3) is 5.91 Å². The van der Waals surface area contributed by atoms with Crippen LogP contribution in [0.4, 0.5) is 5.13 Å². The number of carbonyl (C=O) groups is 1. The minimum atomic E-state index is -0.205. The van der Waals surface area contributed by atoms with Gasteiger partial charge in [-0.1, -0.05) is 47.7 Å². The van der Waals surface area contributed by atoms with Gasteiger partial charge in [0, 0.05) is 5.56 Å². The Morgan fingerprint density at radius 1 is 0.938 bits per heavy atom. The van der Waals surface area contributed by atoms with Gasteiger partial charge in [-0.05, 0) is 42.3 Å². The molecule has 1 heterocycles. The predicted octanol–water partition coefficient (Wildman–Crippen LogP) is 5.48. The minimum Gasteiger partial charge on any atom is -0.493 e. The first kappa shape index (κ1) is 21.6. The summed E-state index contributed by atoms with van der Waals surface area (Å²) in [4.78, 5) is 20.2. The van der Waals surface area contributed by atoms with Crippen molar-refractivity contribution < 1.29 is 19.0 Å². The average molecular weight is 449 g/mol. The van der Waals surface area contributed by atoms with Gasteiger partial charge < -0.3 is 14.2 Å². The highest BCUT2D eigenvalue weighted by atomic mass is 32.1. The summed E-state index contributed by atoms with van der Waals surface area (Å²) in [5.74, 6) is 1.09. The molecule has 164 valence electrons. The van der Waals surface area contributed by atoms with Gasteiger partial charge in [-0.15, -0.1) is 0 Å². The molecule has 1 amide bonds. The molecule has 7 heteroatoms. The number of aromatic nitrogens is 1. The van der Waals surface area contributed by atoms with Crippen LogP contribution in [0.3, 0.4) is 0 Å². The van der Waals surface area contributed by atoms with Crippen LogP contribution in [-0.4, -0.2) is 32.2 Å². The van der Waals surface area contributed by atoms with Crippen molar-refractivity contribution in [2.75, 3.05) is 26.2 Å². The SMILES string of the molecule is COc1cc(C(=O)N(Cc2ccccc2)c2nc3ccc(C)cc3s2)cc(OC)c1OC. The Kier molecular flexibility index (Phi) is 6.28. The Labute approximate surface area is 191 Å². The molecule has 0 saturated carbocycles. The van der Waals surface area contributed by atoms with E-state index in [2.05, 4.69) is 6.07 Å². The van der Waals surface area contributed by atoms with E-state index in [1.165, 1.54) is 32.7 Å². The van der Waals surface area contributed by atoms with E-state index in [1.807, 2.05) is 49.4 Å². The third-order valence-corrected chi connectivity index (χ3v) is 6.15. The fourth-order valence-corrected chi connectivity index (χ4v) is 4.55. The molecule has 0 atom stereocenters. The minimum absolute atomic E-state index is 0.205. The summed E-state index contributed by atoms with van der Waals surface area (Å²) in [7, 11) is 4.60. The van der Waals surface area contributed by atoms with Gasteiger partial charge in [0.05, 0.1) is 38.1 Å². The third-order valence-electron chi connectivity index (χ3n) is 5.10. The maximum atomic E-state index is 13.8. The lowest BCUT2D eigenvalue weighted by Crippen LogP contribution is -2.30. The summed E-state index contributed by atoms with van der Waals surface area (Å²) >= 11 is 1.50. The topological polar surface area (TPSA) is 60.9 Å². The van der Waals surface area contributed by atoms with Crippen LogP contribution in [0.5, 0.6) is 17.2 Å². The van der Waals surface area contributed by atoms with E-state index in [9.17, 15) is 4.79 Å². The van der Waals surface area contributed by atoms with Crippen LogP contribution in [0.15, 0.2) is 60.7 Å². The number of nitrogens with zero attached hydrogens (tertiary/aromatic N) is 2. The second kappa shape index (κ2) is 9.28. The quantitative estimate of drug-likeness (QED) is 0.375. The summed E-state index contributed by atoms with van der Waals surface area (Å²) in [6.07, 6.45) is 0. The molecule has 3 aromatic carbocycles. The number of hydrogen-bond donors (Lipinski definition) is 0. The van der Waals surface area contributed by atoms with Crippen molar-refractivity contribution in [3.8, 4) is 17.2 Å². The van der Waals surface area contributed by atoms with Crippen molar-refractivity contribution in [2.24, 2.45) is 0 Å². The number of amides is 1. The molecule has 0 N–H and O–H groups in total. The molecular weight excluding hydrogens is 424 g/mol. The number of fused-ring (bicyclic) bond motifs is 1. The Morgan fingerprint density at radius 3 is 2.25 bits per heavy atom. The van der Waals surface area contributed by atoms with Gasteiger partial charge in [-0.25, -0.2) is 4.98 Å². The van der Waals surface area contributed by atoms with Crippen molar-refractivity contribution in [3.05, 3.63) is 77.4 Å². The molecule has 0 aliphatic carbocycles. The number of benzene rings is 3. The Balaban J connectivity index is 1.81. The molecule has 0 unspecified atom stereocenters. The lowest BCUT2D eigenvalue weighted by Gasteiger charge is -2.21. The normalized spacial score (nSPS) is 10.8. The summed E-state index contributed by atoms with van der Waals surface area (Å²) in [5, 5.41) is 0.633. The maximum Gasteiger partial charge on any atom is 0.260 e. The van der Waals surface area contributed by atoms with Gasteiger partial charge in [0.1, 0.15) is 0 Å². The van der Waals surface area contributed by atoms with Crippen molar-refractivity contribution >= 4 is 32.6 Å². The molecule has 0 bridgehead atoms. The lowest BCUT2D eigenvalue weighted by molar-refractivity contribution is 0.0984. The fraction of sp³-hybridized carbons (Fsp3) is 0.200. The largest absolute Gasteiger partial charge is 0.493 e. The molecule has 0 spiro atoms. The van der Waals surface area contributed by atoms with Gasteiger partial charge in [0.2, 0.25) is 5.75 Å². The number of thiazole rings is 1. The predicted molar refractivity (Wildman–Crippen MR) is 127 cm³/mol. The number of ether oxygens (including phenoxy) is 3. The standard InChI is InChI=1S/C25H24N2O4S/c1-16-10-11-19-22(12-16)32-25(26-19)27(15-17-8-6-5-7-9-17)24(28)18-13-20(29-2)23(31-4)21(14-18)30-3/h5-14H,15H2,1-4H3. The number of carbonyl (C=O) groups excluding carboxylic acids is 1. The third kappa shape index (κ3) is 4.24. The second-order valence-corrected chi connectivity index (χ2v) is 8.27.